The van der Waals surface area contributed by atoms with Crippen LogP contribution in [0.15, 0.2) is 11.8 Å². The Kier molecular flexibility index (Phi) is 2.50. The topological polar surface area (TPSA) is 29.5 Å². The molecule has 0 radical (unpaired) electrons. The van der Waals surface area contributed by atoms with Crippen LogP contribution in [-0.4, -0.2) is 18.4 Å². The van der Waals surface area contributed by atoms with E-state index < -0.39 is 17.9 Å². The zero-order chi connectivity index (χ0) is 8.36. The van der Waals surface area contributed by atoms with Crippen molar-refractivity contribution in [2.45, 2.75) is 6.18 Å². The number of methoxy groups -OCH3 is 1. The molecule has 6 heteroatoms. The number of aliphatic hydroxyl groups is 1. The molecule has 0 aromatic heterocycles. The predicted octanol–water partition coefficient (Wildman–Crippen LogP) is 1.89. The van der Waals surface area contributed by atoms with E-state index in [1.807, 2.05) is 0 Å². The summed E-state index contributed by atoms with van der Waals surface area (Å²) < 4.78 is 49.0. The lowest BCUT2D eigenvalue weighted by atomic mass is 10.5. The smallest absolute Gasteiger partial charge is 0.455 e. The van der Waals surface area contributed by atoms with E-state index in [-0.39, 0.29) is 0 Å². The van der Waals surface area contributed by atoms with Gasteiger partial charge in [-0.3, -0.25) is 0 Å². The van der Waals surface area contributed by atoms with Crippen LogP contribution in [0.2, 0.25) is 0 Å². The maximum absolute atomic E-state index is 11.7. The summed E-state index contributed by atoms with van der Waals surface area (Å²) >= 11 is 0. The molecule has 0 atom stereocenters. The van der Waals surface area contributed by atoms with Crippen LogP contribution in [0.3, 0.4) is 0 Å². The normalized spacial score (nSPS) is 14.5. The first-order chi connectivity index (χ1) is 4.39. The van der Waals surface area contributed by atoms with E-state index in [1.54, 1.807) is 0 Å². The fourth-order valence-electron chi connectivity index (χ4n) is 0.208. The highest BCUT2D eigenvalue weighted by Crippen LogP contribution is 2.26. The Balaban J connectivity index is 4.47. The molecule has 0 aliphatic heterocycles. The first-order valence-electron chi connectivity index (χ1n) is 2.09. The van der Waals surface area contributed by atoms with Crippen molar-refractivity contribution >= 4 is 0 Å². The monoisotopic (exact) mass is 160 g/mol. The lowest BCUT2D eigenvalue weighted by Gasteiger charge is -2.04. The maximum atomic E-state index is 11.7. The van der Waals surface area contributed by atoms with Crippen LogP contribution in [0.5, 0.6) is 0 Å². The molecular formula is C4H4F4O2. The SMILES string of the molecule is CO/C(F)=C(\O)C(F)(F)F. The number of allylic oxidation sites excluding steroid dienone is 1. The van der Waals surface area contributed by atoms with Gasteiger partial charge in [-0.15, -0.1) is 0 Å². The van der Waals surface area contributed by atoms with Crippen molar-refractivity contribution in [1.29, 1.82) is 0 Å². The number of hydrogen-bond donors (Lipinski definition) is 1. The van der Waals surface area contributed by atoms with E-state index in [0.29, 0.717) is 7.11 Å². The molecule has 0 aliphatic rings. The van der Waals surface area contributed by atoms with Crippen LogP contribution < -0.4 is 0 Å². The van der Waals surface area contributed by atoms with Gasteiger partial charge in [0, 0.05) is 0 Å². The van der Waals surface area contributed by atoms with Crippen molar-refractivity contribution in [3.05, 3.63) is 11.8 Å². The van der Waals surface area contributed by atoms with Gasteiger partial charge in [0.15, 0.2) is 0 Å². The Morgan fingerprint density at radius 1 is 1.40 bits per heavy atom. The summed E-state index contributed by atoms with van der Waals surface area (Å²) in [6.07, 6.45) is -5.08. The predicted molar refractivity (Wildman–Crippen MR) is 23.8 cm³/mol. The van der Waals surface area contributed by atoms with E-state index in [4.69, 9.17) is 5.11 Å². The molecule has 0 heterocycles. The molecule has 0 aromatic carbocycles. The van der Waals surface area contributed by atoms with Crippen molar-refractivity contribution in [2.75, 3.05) is 7.11 Å². The molecule has 0 unspecified atom stereocenters. The lowest BCUT2D eigenvalue weighted by molar-refractivity contribution is -0.128. The highest BCUT2D eigenvalue weighted by atomic mass is 19.4. The highest BCUT2D eigenvalue weighted by Gasteiger charge is 2.38. The Labute approximate surface area is 53.7 Å². The lowest BCUT2D eigenvalue weighted by Crippen LogP contribution is -2.13. The maximum Gasteiger partial charge on any atom is 0.455 e. The second kappa shape index (κ2) is 2.76. The van der Waals surface area contributed by atoms with Crippen molar-refractivity contribution in [2.24, 2.45) is 0 Å². The van der Waals surface area contributed by atoms with Crippen molar-refractivity contribution in [3.63, 3.8) is 0 Å². The minimum atomic E-state index is -5.08. The van der Waals surface area contributed by atoms with Crippen LogP contribution in [0.1, 0.15) is 0 Å². The summed E-state index contributed by atoms with van der Waals surface area (Å²) in [7, 11) is 0.678. The number of rotatable bonds is 1. The minimum Gasteiger partial charge on any atom is -0.500 e. The molecule has 2 nitrogen and oxygen atoms in total. The van der Waals surface area contributed by atoms with Gasteiger partial charge >= 0.3 is 12.2 Å². The van der Waals surface area contributed by atoms with E-state index in [9.17, 15) is 17.6 Å². The summed E-state index contributed by atoms with van der Waals surface area (Å²) in [5.41, 5.74) is 0. The van der Waals surface area contributed by atoms with Gasteiger partial charge in [0.1, 0.15) is 0 Å². The molecule has 0 aliphatic carbocycles. The second-order valence-corrected chi connectivity index (χ2v) is 1.32. The van der Waals surface area contributed by atoms with Crippen LogP contribution >= 0.6 is 0 Å². The van der Waals surface area contributed by atoms with Crippen molar-refractivity contribution in [1.82, 2.24) is 0 Å². The quantitative estimate of drug-likeness (QED) is 0.468. The molecule has 0 rings (SSSR count). The summed E-state index contributed by atoms with van der Waals surface area (Å²) in [6.45, 7) is 0. The van der Waals surface area contributed by atoms with Gasteiger partial charge in [0.2, 0.25) is 0 Å². The molecule has 60 valence electrons. The van der Waals surface area contributed by atoms with Gasteiger partial charge in [-0.25, -0.2) is 0 Å². The van der Waals surface area contributed by atoms with Crippen molar-refractivity contribution in [3.8, 4) is 0 Å². The molecule has 0 spiro atoms. The highest BCUT2D eigenvalue weighted by molar-refractivity contribution is 4.98. The third-order valence-corrected chi connectivity index (χ3v) is 0.634. The standard InChI is InChI=1S/C4H4F4O2/c1-10-3(5)2(9)4(6,7)8/h9H,1H3/b3-2-. The number of aliphatic hydroxyl groups excluding tert-OH is 1. The molecule has 0 aromatic rings. The molecule has 0 amide bonds. The Morgan fingerprint density at radius 3 is 1.90 bits per heavy atom. The van der Waals surface area contributed by atoms with Gasteiger partial charge < -0.3 is 9.84 Å². The van der Waals surface area contributed by atoms with Gasteiger partial charge in [-0.05, 0) is 0 Å². The van der Waals surface area contributed by atoms with Crippen LogP contribution in [0.25, 0.3) is 0 Å². The Hall–Kier alpha value is -0.940. The van der Waals surface area contributed by atoms with Gasteiger partial charge in [-0.1, -0.05) is 0 Å². The average molecular weight is 160 g/mol. The second-order valence-electron chi connectivity index (χ2n) is 1.32. The largest absolute Gasteiger partial charge is 0.500 e. The Bertz CT molecular complexity index is 148. The summed E-state index contributed by atoms with van der Waals surface area (Å²) in [5.74, 6) is -2.35. The molecule has 1 N–H and O–H groups in total. The number of ether oxygens (including phenoxy) is 1. The summed E-state index contributed by atoms with van der Waals surface area (Å²) in [4.78, 5) is 0. The summed E-state index contributed by atoms with van der Waals surface area (Å²) in [6, 6.07) is -2.03. The van der Waals surface area contributed by atoms with E-state index in [2.05, 4.69) is 4.74 Å². The molecule has 10 heavy (non-hydrogen) atoms. The number of halogens is 4. The molecule has 0 saturated carbocycles. The summed E-state index contributed by atoms with van der Waals surface area (Å²) in [5, 5.41) is 7.91. The molecule has 0 bridgehead atoms. The third kappa shape index (κ3) is 2.12. The average Bonchev–Trinajstić information content (AvgIpc) is 1.83. The van der Waals surface area contributed by atoms with E-state index >= 15 is 0 Å². The van der Waals surface area contributed by atoms with Crippen molar-refractivity contribution < 1.29 is 27.4 Å². The molecule has 0 fully saturated rings. The van der Waals surface area contributed by atoms with Crippen LogP contribution in [0.4, 0.5) is 17.6 Å². The molecular weight excluding hydrogens is 156 g/mol. The van der Waals surface area contributed by atoms with E-state index in [1.165, 1.54) is 0 Å². The first kappa shape index (κ1) is 9.06. The Morgan fingerprint density at radius 2 is 1.80 bits per heavy atom. The fourth-order valence-corrected chi connectivity index (χ4v) is 0.208. The number of alkyl halides is 3. The van der Waals surface area contributed by atoms with Gasteiger partial charge in [0.05, 0.1) is 7.11 Å². The third-order valence-electron chi connectivity index (χ3n) is 0.634. The zero-order valence-corrected chi connectivity index (χ0v) is 4.87. The minimum absolute atomic E-state index is 0.678. The van der Waals surface area contributed by atoms with Gasteiger partial charge in [0.25, 0.3) is 5.76 Å². The first-order valence-corrected chi connectivity index (χ1v) is 2.09. The van der Waals surface area contributed by atoms with Gasteiger partial charge in [-0.2, -0.15) is 17.6 Å². The fraction of sp³-hybridized carbons (Fsp3) is 0.500. The van der Waals surface area contributed by atoms with E-state index in [0.717, 1.165) is 0 Å². The van der Waals surface area contributed by atoms with Crippen LogP contribution in [-0.2, 0) is 4.74 Å². The number of hydrogen-bond acceptors (Lipinski definition) is 2. The zero-order valence-electron chi connectivity index (χ0n) is 4.87. The van der Waals surface area contributed by atoms with Crippen LogP contribution in [0, 0.1) is 0 Å². The molecule has 0 saturated heterocycles.